The van der Waals surface area contributed by atoms with Gasteiger partial charge in [-0.1, -0.05) is 47.5 Å². The second kappa shape index (κ2) is 6.42. The van der Waals surface area contributed by atoms with Crippen LogP contribution in [0.5, 0.6) is 0 Å². The zero-order valence-corrected chi connectivity index (χ0v) is 13.2. The monoisotopic (exact) mass is 332 g/mol. The highest BCUT2D eigenvalue weighted by Crippen LogP contribution is 2.26. The molecular formula is C17H14Cl2N2O. The molecule has 0 radical (unpaired) electrons. The van der Waals surface area contributed by atoms with Crippen LogP contribution in [0.1, 0.15) is 11.1 Å². The molecule has 0 aliphatic carbocycles. The normalized spacial score (nSPS) is 15.8. The summed E-state index contributed by atoms with van der Waals surface area (Å²) < 4.78 is 0. The highest BCUT2D eigenvalue weighted by atomic mass is 35.5. The van der Waals surface area contributed by atoms with Crippen molar-refractivity contribution < 1.29 is 4.79 Å². The fraction of sp³-hybridized carbons (Fsp3) is 0.118. The van der Waals surface area contributed by atoms with Crippen LogP contribution in [0.3, 0.4) is 0 Å². The van der Waals surface area contributed by atoms with Gasteiger partial charge in [0.15, 0.2) is 0 Å². The van der Waals surface area contributed by atoms with E-state index in [1.54, 1.807) is 6.07 Å². The van der Waals surface area contributed by atoms with E-state index in [0.717, 1.165) is 16.8 Å². The Hall–Kier alpha value is -1.97. The molecular weight excluding hydrogens is 319 g/mol. The van der Waals surface area contributed by atoms with Crippen LogP contribution in [0.4, 0.5) is 5.69 Å². The van der Waals surface area contributed by atoms with Crippen LogP contribution in [0.25, 0.3) is 6.08 Å². The summed E-state index contributed by atoms with van der Waals surface area (Å²) in [7, 11) is 0. The first-order valence-corrected chi connectivity index (χ1v) is 7.64. The van der Waals surface area contributed by atoms with Gasteiger partial charge in [0.2, 0.25) is 5.91 Å². The molecule has 1 unspecified atom stereocenters. The molecule has 0 bridgehead atoms. The molecule has 3 rings (SSSR count). The second-order valence-corrected chi connectivity index (χ2v) is 5.93. The SMILES string of the molecule is O=C(NCc1ccc(Cl)cc1)C1C=Cc2cc(Cl)ccc2N1. The topological polar surface area (TPSA) is 41.1 Å². The van der Waals surface area contributed by atoms with Gasteiger partial charge in [-0.15, -0.1) is 0 Å². The number of fused-ring (bicyclic) bond motifs is 1. The van der Waals surface area contributed by atoms with E-state index in [1.807, 2.05) is 48.6 Å². The van der Waals surface area contributed by atoms with Gasteiger partial charge in [0.25, 0.3) is 0 Å². The number of anilines is 1. The predicted octanol–water partition coefficient (Wildman–Crippen LogP) is 4.12. The minimum atomic E-state index is -0.388. The van der Waals surface area contributed by atoms with Gasteiger partial charge in [0.1, 0.15) is 6.04 Å². The van der Waals surface area contributed by atoms with E-state index >= 15 is 0 Å². The Balaban J connectivity index is 1.62. The van der Waals surface area contributed by atoms with Gasteiger partial charge >= 0.3 is 0 Å². The zero-order chi connectivity index (χ0) is 15.5. The maximum Gasteiger partial charge on any atom is 0.246 e. The lowest BCUT2D eigenvalue weighted by molar-refractivity contribution is -0.121. The standard InChI is InChI=1S/C17H14Cl2N2O/c18-13-4-1-11(2-5-13)10-20-17(22)16-7-3-12-9-14(19)6-8-15(12)21-16/h1-9,16,21H,10H2,(H,20,22). The molecule has 5 heteroatoms. The number of halogens is 2. The molecule has 0 fully saturated rings. The number of hydrogen-bond acceptors (Lipinski definition) is 2. The van der Waals surface area contributed by atoms with Crippen molar-refractivity contribution in [3.05, 3.63) is 69.7 Å². The summed E-state index contributed by atoms with van der Waals surface area (Å²) in [6.07, 6.45) is 3.74. The van der Waals surface area contributed by atoms with Crippen molar-refractivity contribution >= 4 is 40.9 Å². The summed E-state index contributed by atoms with van der Waals surface area (Å²) in [6, 6.07) is 12.6. The van der Waals surface area contributed by atoms with Crippen molar-refractivity contribution in [3.8, 4) is 0 Å². The number of rotatable bonds is 3. The van der Waals surface area contributed by atoms with Crippen molar-refractivity contribution in [2.45, 2.75) is 12.6 Å². The summed E-state index contributed by atoms with van der Waals surface area (Å²) in [4.78, 5) is 12.2. The number of hydrogen-bond donors (Lipinski definition) is 2. The van der Waals surface area contributed by atoms with Gasteiger partial charge in [-0.25, -0.2) is 0 Å². The van der Waals surface area contributed by atoms with Gasteiger partial charge in [-0.2, -0.15) is 0 Å². The number of benzene rings is 2. The average molecular weight is 333 g/mol. The Morgan fingerprint density at radius 3 is 2.59 bits per heavy atom. The number of carbonyl (C=O) groups excluding carboxylic acids is 1. The summed E-state index contributed by atoms with van der Waals surface area (Å²) in [6.45, 7) is 0.468. The van der Waals surface area contributed by atoms with Gasteiger partial charge in [0, 0.05) is 22.3 Å². The quantitative estimate of drug-likeness (QED) is 0.887. The van der Waals surface area contributed by atoms with Crippen LogP contribution in [0.15, 0.2) is 48.5 Å². The molecule has 112 valence electrons. The van der Waals surface area contributed by atoms with E-state index in [1.165, 1.54) is 0 Å². The van der Waals surface area contributed by atoms with Crippen LogP contribution in [0.2, 0.25) is 10.0 Å². The third-order valence-corrected chi connectivity index (χ3v) is 3.94. The Bertz CT molecular complexity index is 726. The van der Waals surface area contributed by atoms with Crippen molar-refractivity contribution in [1.82, 2.24) is 5.32 Å². The van der Waals surface area contributed by atoms with Gasteiger partial charge < -0.3 is 10.6 Å². The summed E-state index contributed by atoms with van der Waals surface area (Å²) in [5.41, 5.74) is 2.89. The number of nitrogens with one attached hydrogen (secondary N) is 2. The second-order valence-electron chi connectivity index (χ2n) is 5.06. The van der Waals surface area contributed by atoms with E-state index in [2.05, 4.69) is 10.6 Å². The molecule has 1 amide bonds. The molecule has 1 aliphatic rings. The fourth-order valence-corrected chi connectivity index (χ4v) is 2.58. The summed E-state index contributed by atoms with van der Waals surface area (Å²) in [5, 5.41) is 7.46. The predicted molar refractivity (Wildman–Crippen MR) is 91.2 cm³/mol. The smallest absolute Gasteiger partial charge is 0.246 e. The van der Waals surface area contributed by atoms with Crippen molar-refractivity contribution in [2.75, 3.05) is 5.32 Å². The molecule has 22 heavy (non-hydrogen) atoms. The Labute approximate surface area is 138 Å². The van der Waals surface area contributed by atoms with Crippen molar-refractivity contribution in [3.63, 3.8) is 0 Å². The van der Waals surface area contributed by atoms with Crippen LogP contribution in [0, 0.1) is 0 Å². The fourth-order valence-electron chi connectivity index (χ4n) is 2.27. The van der Waals surface area contributed by atoms with E-state index in [-0.39, 0.29) is 11.9 Å². The molecule has 1 heterocycles. The van der Waals surface area contributed by atoms with Gasteiger partial charge in [0.05, 0.1) is 0 Å². The van der Waals surface area contributed by atoms with E-state index in [9.17, 15) is 4.79 Å². The van der Waals surface area contributed by atoms with Crippen molar-refractivity contribution in [2.24, 2.45) is 0 Å². The number of carbonyl (C=O) groups is 1. The first-order valence-electron chi connectivity index (χ1n) is 6.88. The van der Waals surface area contributed by atoms with Crippen LogP contribution in [-0.2, 0) is 11.3 Å². The minimum absolute atomic E-state index is 0.0770. The van der Waals surface area contributed by atoms with E-state index < -0.39 is 0 Å². The van der Waals surface area contributed by atoms with Crippen molar-refractivity contribution in [1.29, 1.82) is 0 Å². The highest BCUT2D eigenvalue weighted by Gasteiger charge is 2.19. The molecule has 2 N–H and O–H groups in total. The van der Waals surface area contributed by atoms with E-state index in [4.69, 9.17) is 23.2 Å². The largest absolute Gasteiger partial charge is 0.370 e. The molecule has 0 saturated heterocycles. The average Bonchev–Trinajstić information content (AvgIpc) is 2.53. The number of amides is 1. The first kappa shape index (κ1) is 14.9. The summed E-state index contributed by atoms with van der Waals surface area (Å²) in [5.74, 6) is -0.0770. The molecule has 0 aromatic heterocycles. The summed E-state index contributed by atoms with van der Waals surface area (Å²) >= 11 is 11.8. The van der Waals surface area contributed by atoms with Gasteiger partial charge in [-0.05, 0) is 41.5 Å². The Kier molecular flexibility index (Phi) is 4.36. The van der Waals surface area contributed by atoms with E-state index in [0.29, 0.717) is 16.6 Å². The molecule has 3 nitrogen and oxygen atoms in total. The Morgan fingerprint density at radius 1 is 1.09 bits per heavy atom. The minimum Gasteiger partial charge on any atom is -0.370 e. The lowest BCUT2D eigenvalue weighted by Gasteiger charge is -2.22. The first-order chi connectivity index (χ1) is 10.6. The molecule has 2 aromatic rings. The lowest BCUT2D eigenvalue weighted by Crippen LogP contribution is -2.39. The molecule has 0 spiro atoms. The maximum atomic E-state index is 12.2. The highest BCUT2D eigenvalue weighted by molar-refractivity contribution is 6.31. The third-order valence-electron chi connectivity index (χ3n) is 3.46. The molecule has 1 atom stereocenters. The zero-order valence-electron chi connectivity index (χ0n) is 11.6. The molecule has 1 aliphatic heterocycles. The van der Waals surface area contributed by atoms with Crippen LogP contribution >= 0.6 is 23.2 Å². The van der Waals surface area contributed by atoms with Crippen LogP contribution in [-0.4, -0.2) is 11.9 Å². The van der Waals surface area contributed by atoms with Gasteiger partial charge in [-0.3, -0.25) is 4.79 Å². The lowest BCUT2D eigenvalue weighted by atomic mass is 10.1. The maximum absolute atomic E-state index is 12.2. The Morgan fingerprint density at radius 2 is 1.82 bits per heavy atom. The van der Waals surface area contributed by atoms with Crippen LogP contribution < -0.4 is 10.6 Å². The molecule has 0 saturated carbocycles. The molecule has 2 aromatic carbocycles. The third kappa shape index (κ3) is 3.43.